The van der Waals surface area contributed by atoms with Crippen LogP contribution in [0.2, 0.25) is 18.1 Å². The van der Waals surface area contributed by atoms with Gasteiger partial charge in [0.1, 0.15) is 13.8 Å². The first kappa shape index (κ1) is 27.4. The Bertz CT molecular complexity index is 1380. The van der Waals surface area contributed by atoms with Crippen LogP contribution < -0.4 is 5.19 Å². The molecule has 2 aliphatic rings. The Kier molecular flexibility index (Phi) is 7.86. The molecule has 0 unspecified atom stereocenters. The zero-order chi connectivity index (χ0) is 27.1. The van der Waals surface area contributed by atoms with E-state index in [1.54, 1.807) is 30.3 Å². The van der Waals surface area contributed by atoms with Gasteiger partial charge in [-0.25, -0.2) is 4.79 Å². The molecule has 1 heterocycles. The molecular weight excluding hydrogens is 525 g/mol. The minimum atomic E-state index is -2.70. The molecule has 0 saturated carbocycles. The fraction of sp³-hybridized carbons (Fsp3) is 0.310. The number of hydrogen-bond donors (Lipinski definition) is 2. The van der Waals surface area contributed by atoms with Crippen LogP contribution in [0.25, 0.3) is 5.57 Å². The molecule has 0 atom stereocenters. The molecule has 2 aromatic carbocycles. The number of carbonyl (C=O) groups is 2. The normalized spacial score (nSPS) is 16.4. The van der Waals surface area contributed by atoms with E-state index in [9.17, 15) is 19.8 Å². The minimum Gasteiger partial charge on any atom is -0.506 e. The van der Waals surface area contributed by atoms with Crippen molar-refractivity contribution < 1.29 is 19.8 Å². The minimum absolute atomic E-state index is 0.0296. The van der Waals surface area contributed by atoms with Gasteiger partial charge in [0, 0.05) is 12.1 Å². The summed E-state index contributed by atoms with van der Waals surface area (Å²) in [5.74, 6) is -1.31. The Morgan fingerprint density at radius 1 is 1.03 bits per heavy atom. The Labute approximate surface area is 228 Å². The van der Waals surface area contributed by atoms with E-state index in [2.05, 4.69) is 31.8 Å². The van der Waals surface area contributed by atoms with E-state index in [-0.39, 0.29) is 27.2 Å². The number of phenolic OH excluding ortho intramolecular Hbond substituents is 1. The van der Waals surface area contributed by atoms with Crippen LogP contribution in [0.1, 0.15) is 53.7 Å². The Balaban J connectivity index is 2.10. The average molecular weight is 557 g/mol. The third-order valence-corrected chi connectivity index (χ3v) is 11.7. The highest BCUT2D eigenvalue weighted by molar-refractivity contribution is 6.99. The van der Waals surface area contributed by atoms with Crippen molar-refractivity contribution >= 4 is 53.8 Å². The summed E-state index contributed by atoms with van der Waals surface area (Å²) in [5.41, 5.74) is 3.55. The molecular formula is C29H31Cl2NO4Si. The van der Waals surface area contributed by atoms with Crippen LogP contribution in [0.15, 0.2) is 58.3 Å². The number of phenols is 1. The molecule has 0 spiro atoms. The van der Waals surface area contributed by atoms with Crippen LogP contribution >= 0.6 is 23.2 Å². The van der Waals surface area contributed by atoms with Crippen molar-refractivity contribution in [2.45, 2.75) is 46.3 Å². The maximum Gasteiger partial charge on any atom is 0.336 e. The van der Waals surface area contributed by atoms with Crippen molar-refractivity contribution in [1.29, 1.82) is 0 Å². The van der Waals surface area contributed by atoms with Gasteiger partial charge in [-0.3, -0.25) is 9.69 Å². The van der Waals surface area contributed by atoms with Gasteiger partial charge in [0.25, 0.3) is 0 Å². The molecule has 5 nitrogen and oxygen atoms in total. The Hall–Kier alpha value is -2.64. The fourth-order valence-corrected chi connectivity index (χ4v) is 10.7. The average Bonchev–Trinajstić information content (AvgIpc) is 2.84. The number of fused-ring (bicyclic) bond motifs is 2. The summed E-state index contributed by atoms with van der Waals surface area (Å²) in [4.78, 5) is 27.2. The van der Waals surface area contributed by atoms with Crippen molar-refractivity contribution in [3.05, 3.63) is 85.6 Å². The van der Waals surface area contributed by atoms with Gasteiger partial charge in [0.15, 0.2) is 5.78 Å². The zero-order valence-corrected chi connectivity index (χ0v) is 24.0. The number of aromatic carboxylic acids is 1. The molecule has 1 aliphatic heterocycles. The van der Waals surface area contributed by atoms with Gasteiger partial charge in [-0.2, -0.15) is 0 Å². The summed E-state index contributed by atoms with van der Waals surface area (Å²) < 4.78 is 0. The first-order valence-corrected chi connectivity index (χ1v) is 16.3. The number of halogens is 2. The van der Waals surface area contributed by atoms with E-state index in [1.165, 1.54) is 6.08 Å². The van der Waals surface area contributed by atoms with Crippen LogP contribution in [0.4, 0.5) is 0 Å². The second-order valence-electron chi connectivity index (χ2n) is 10.0. The smallest absolute Gasteiger partial charge is 0.336 e. The number of benzene rings is 2. The molecule has 1 aliphatic carbocycles. The van der Waals surface area contributed by atoms with E-state index >= 15 is 0 Å². The van der Waals surface area contributed by atoms with Gasteiger partial charge in [0.05, 0.1) is 15.6 Å². The lowest BCUT2D eigenvalue weighted by molar-refractivity contribution is -0.110. The van der Waals surface area contributed by atoms with Crippen LogP contribution in [0.3, 0.4) is 0 Å². The quantitative estimate of drug-likeness (QED) is 0.375. The number of carboxylic acids is 1. The summed E-state index contributed by atoms with van der Waals surface area (Å²) in [6, 6.07) is 8.78. The van der Waals surface area contributed by atoms with Gasteiger partial charge in [-0.1, -0.05) is 74.4 Å². The molecule has 0 radical (unpaired) electrons. The topological polar surface area (TPSA) is 77.8 Å². The second-order valence-corrected chi connectivity index (χ2v) is 15.1. The van der Waals surface area contributed by atoms with E-state index in [0.717, 1.165) is 42.3 Å². The lowest BCUT2D eigenvalue weighted by atomic mass is 9.86. The first-order chi connectivity index (χ1) is 17.5. The summed E-state index contributed by atoms with van der Waals surface area (Å²) in [7, 11) is -2.70. The van der Waals surface area contributed by atoms with Crippen LogP contribution in [0.5, 0.6) is 5.75 Å². The summed E-state index contributed by atoms with van der Waals surface area (Å²) in [6.45, 7) is 10.6. The van der Waals surface area contributed by atoms with Gasteiger partial charge >= 0.3 is 5.97 Å². The molecule has 0 fully saturated rings. The van der Waals surface area contributed by atoms with E-state index in [0.29, 0.717) is 28.4 Å². The lowest BCUT2D eigenvalue weighted by Crippen LogP contribution is -2.50. The highest BCUT2D eigenvalue weighted by Gasteiger charge is 2.45. The van der Waals surface area contributed by atoms with Crippen LogP contribution in [-0.2, 0) is 11.3 Å². The number of aromatic hydroxyl groups is 1. The third-order valence-electron chi connectivity index (χ3n) is 7.12. The maximum atomic E-state index is 12.7. The predicted octanol–water partition coefficient (Wildman–Crippen LogP) is 6.27. The second kappa shape index (κ2) is 10.6. The molecule has 0 bridgehead atoms. The van der Waals surface area contributed by atoms with Crippen molar-refractivity contribution in [3.63, 3.8) is 0 Å². The molecule has 8 heteroatoms. The number of ketones is 1. The highest BCUT2D eigenvalue weighted by atomic mass is 35.5. The Morgan fingerprint density at radius 2 is 1.68 bits per heavy atom. The largest absolute Gasteiger partial charge is 0.506 e. The predicted molar refractivity (Wildman–Crippen MR) is 153 cm³/mol. The number of rotatable bonds is 8. The number of hydrogen-bond acceptors (Lipinski definition) is 4. The van der Waals surface area contributed by atoms with Crippen molar-refractivity contribution in [2.75, 3.05) is 13.1 Å². The van der Waals surface area contributed by atoms with Gasteiger partial charge in [0.2, 0.25) is 0 Å². The number of allylic oxidation sites excluding steroid dienone is 5. The maximum absolute atomic E-state index is 12.7. The molecule has 2 N–H and O–H groups in total. The van der Waals surface area contributed by atoms with Gasteiger partial charge in [-0.15, -0.1) is 0 Å². The molecule has 37 heavy (non-hydrogen) atoms. The summed E-state index contributed by atoms with van der Waals surface area (Å²) >= 11 is 13.6. The standard InChI is InChI=1S/C29H31Cl2NO4Si/c1-5-13-32(14-6-2)16-17-15-21-23(18-9-7-8-10-19(18)29(35)36)20-11-12-22(33)24(30)27(20)37(3,4)28(21)25(31)26(17)34/h7-12,15,34H,5-6,13-14,16H2,1-4H3,(H,35,36). The molecule has 0 aromatic heterocycles. The fourth-order valence-electron chi connectivity index (χ4n) is 5.59. The van der Waals surface area contributed by atoms with Crippen LogP contribution in [0, 0.1) is 0 Å². The first-order valence-electron chi connectivity index (χ1n) is 12.5. The molecule has 2 aromatic rings. The van der Waals surface area contributed by atoms with Gasteiger partial charge in [-0.05, 0) is 76.8 Å². The SMILES string of the molecule is CCCN(CCC)Cc1cc2c(c(Cl)c1O)[Si](C)(C)C1=C(Cl)C(=O)C=CC1=C2c1ccccc1C(=O)O. The highest BCUT2D eigenvalue weighted by Crippen LogP contribution is 2.47. The number of nitrogens with zero attached hydrogens (tertiary/aromatic N) is 1. The van der Waals surface area contributed by atoms with Crippen molar-refractivity contribution in [1.82, 2.24) is 4.90 Å². The lowest BCUT2D eigenvalue weighted by Gasteiger charge is -2.39. The molecule has 0 amide bonds. The molecule has 194 valence electrons. The molecule has 0 saturated heterocycles. The van der Waals surface area contributed by atoms with Crippen molar-refractivity contribution in [2.24, 2.45) is 0 Å². The number of carbonyl (C=O) groups excluding carboxylic acids is 1. The number of carboxylic acid groups (broad SMARTS) is 1. The molecule has 4 rings (SSSR count). The van der Waals surface area contributed by atoms with E-state index in [4.69, 9.17) is 23.2 Å². The van der Waals surface area contributed by atoms with E-state index in [1.807, 2.05) is 6.07 Å². The van der Waals surface area contributed by atoms with Crippen molar-refractivity contribution in [3.8, 4) is 5.75 Å². The van der Waals surface area contributed by atoms with Crippen LogP contribution in [-0.4, -0.2) is 48.0 Å². The monoisotopic (exact) mass is 555 g/mol. The summed E-state index contributed by atoms with van der Waals surface area (Å²) in [6.07, 6.45) is 5.14. The zero-order valence-electron chi connectivity index (χ0n) is 21.5. The van der Waals surface area contributed by atoms with Gasteiger partial charge < -0.3 is 10.2 Å². The summed E-state index contributed by atoms with van der Waals surface area (Å²) in [5, 5.41) is 23.2. The third kappa shape index (κ3) is 4.72. The van der Waals surface area contributed by atoms with E-state index < -0.39 is 14.0 Å². The Morgan fingerprint density at radius 3 is 2.30 bits per heavy atom.